The van der Waals surface area contributed by atoms with E-state index in [0.29, 0.717) is 12.6 Å². The van der Waals surface area contributed by atoms with E-state index in [0.717, 1.165) is 19.1 Å². The lowest BCUT2D eigenvalue weighted by atomic mass is 10.1. The van der Waals surface area contributed by atoms with Crippen LogP contribution in [-0.4, -0.2) is 30.9 Å². The summed E-state index contributed by atoms with van der Waals surface area (Å²) in [5.41, 5.74) is 10.3. The molecule has 0 aliphatic rings. The molecular formula is C9H20N4O. The Kier molecular flexibility index (Phi) is 6.74. The highest BCUT2D eigenvalue weighted by molar-refractivity contribution is 5.75. The van der Waals surface area contributed by atoms with Gasteiger partial charge in [-0.1, -0.05) is 13.8 Å². The van der Waals surface area contributed by atoms with E-state index in [4.69, 9.17) is 11.5 Å². The van der Waals surface area contributed by atoms with Crippen molar-refractivity contribution in [2.24, 2.45) is 16.5 Å². The number of nitrogens with one attached hydrogen (secondary N) is 1. The molecule has 0 aromatic carbocycles. The first-order valence-electron chi connectivity index (χ1n) is 4.83. The van der Waals surface area contributed by atoms with Crippen LogP contribution in [0.15, 0.2) is 4.99 Å². The third kappa shape index (κ3) is 7.54. The van der Waals surface area contributed by atoms with Crippen molar-refractivity contribution < 1.29 is 4.79 Å². The number of hydrogen-bond donors (Lipinski definition) is 3. The highest BCUT2D eigenvalue weighted by Gasteiger charge is 2.06. The van der Waals surface area contributed by atoms with Crippen LogP contribution in [0, 0.1) is 0 Å². The van der Waals surface area contributed by atoms with E-state index in [2.05, 4.69) is 10.3 Å². The van der Waals surface area contributed by atoms with E-state index in [1.54, 1.807) is 0 Å². The molecule has 0 bridgehead atoms. The summed E-state index contributed by atoms with van der Waals surface area (Å²) in [5, 5.41) is 3.14. The van der Waals surface area contributed by atoms with Gasteiger partial charge in [0.1, 0.15) is 6.29 Å². The maximum atomic E-state index is 10.6. The standard InChI is InChI=1S/C9H20N4O/c1-7(2)13-8(6-14)4-3-5-12-9(10)11/h6-8,13H,3-5H2,1-2H3,(H4,10,11,12)/t8-/m0/s1. The lowest BCUT2D eigenvalue weighted by Crippen LogP contribution is -2.36. The van der Waals surface area contributed by atoms with Crippen LogP contribution in [0.1, 0.15) is 26.7 Å². The third-order valence-electron chi connectivity index (χ3n) is 1.68. The SMILES string of the molecule is CC(C)N[C@H](C=O)CCCN=C(N)N. The third-order valence-corrected chi connectivity index (χ3v) is 1.68. The Hall–Kier alpha value is -1.10. The van der Waals surface area contributed by atoms with Crippen LogP contribution in [0.25, 0.3) is 0 Å². The zero-order chi connectivity index (χ0) is 11.0. The van der Waals surface area contributed by atoms with Gasteiger partial charge in [0.2, 0.25) is 0 Å². The number of rotatable bonds is 7. The molecule has 5 nitrogen and oxygen atoms in total. The van der Waals surface area contributed by atoms with Gasteiger partial charge in [-0.15, -0.1) is 0 Å². The Balaban J connectivity index is 3.63. The minimum absolute atomic E-state index is 0.0933. The Bertz CT molecular complexity index is 187. The fraction of sp³-hybridized carbons (Fsp3) is 0.778. The molecule has 0 aromatic rings. The van der Waals surface area contributed by atoms with Crippen molar-refractivity contribution in [1.82, 2.24) is 5.32 Å². The van der Waals surface area contributed by atoms with Gasteiger partial charge in [0, 0.05) is 12.6 Å². The zero-order valence-electron chi connectivity index (χ0n) is 8.86. The van der Waals surface area contributed by atoms with Gasteiger partial charge < -0.3 is 21.6 Å². The molecule has 0 rings (SSSR count). The monoisotopic (exact) mass is 200 g/mol. The van der Waals surface area contributed by atoms with E-state index in [9.17, 15) is 4.79 Å². The second kappa shape index (κ2) is 7.32. The Morgan fingerprint density at radius 1 is 1.50 bits per heavy atom. The largest absolute Gasteiger partial charge is 0.370 e. The van der Waals surface area contributed by atoms with E-state index < -0.39 is 0 Å². The maximum Gasteiger partial charge on any atom is 0.185 e. The average molecular weight is 200 g/mol. The first-order valence-corrected chi connectivity index (χ1v) is 4.83. The number of guanidine groups is 1. The molecule has 0 radical (unpaired) electrons. The molecule has 0 heterocycles. The molecule has 0 aromatic heterocycles. The Labute approximate surface area is 84.9 Å². The van der Waals surface area contributed by atoms with Crippen LogP contribution in [0.2, 0.25) is 0 Å². The minimum atomic E-state index is -0.0933. The maximum absolute atomic E-state index is 10.6. The topological polar surface area (TPSA) is 93.5 Å². The van der Waals surface area contributed by atoms with Crippen molar-refractivity contribution in [3.63, 3.8) is 0 Å². The van der Waals surface area contributed by atoms with Crippen LogP contribution >= 0.6 is 0 Å². The molecule has 0 aliphatic carbocycles. The van der Waals surface area contributed by atoms with E-state index in [-0.39, 0.29) is 12.0 Å². The van der Waals surface area contributed by atoms with Gasteiger partial charge in [-0.25, -0.2) is 0 Å². The Morgan fingerprint density at radius 3 is 2.57 bits per heavy atom. The molecule has 0 unspecified atom stereocenters. The van der Waals surface area contributed by atoms with Gasteiger partial charge in [0.15, 0.2) is 5.96 Å². The van der Waals surface area contributed by atoms with Crippen LogP contribution < -0.4 is 16.8 Å². The number of hydrogen-bond acceptors (Lipinski definition) is 3. The zero-order valence-corrected chi connectivity index (χ0v) is 8.86. The van der Waals surface area contributed by atoms with Crippen molar-refractivity contribution >= 4 is 12.2 Å². The fourth-order valence-electron chi connectivity index (χ4n) is 1.14. The quantitative estimate of drug-likeness (QED) is 0.226. The van der Waals surface area contributed by atoms with E-state index in [1.165, 1.54) is 0 Å². The minimum Gasteiger partial charge on any atom is -0.370 e. The number of aldehydes is 1. The molecule has 14 heavy (non-hydrogen) atoms. The number of carbonyl (C=O) groups is 1. The van der Waals surface area contributed by atoms with Crippen LogP contribution in [0.4, 0.5) is 0 Å². The molecule has 5 heteroatoms. The smallest absolute Gasteiger partial charge is 0.185 e. The van der Waals surface area contributed by atoms with Gasteiger partial charge in [0.05, 0.1) is 6.04 Å². The summed E-state index contributed by atoms with van der Waals surface area (Å²) in [6, 6.07) is 0.220. The summed E-state index contributed by atoms with van der Waals surface area (Å²) in [5.74, 6) is 0.101. The summed E-state index contributed by atoms with van der Waals surface area (Å²) < 4.78 is 0. The lowest BCUT2D eigenvalue weighted by Gasteiger charge is -2.14. The van der Waals surface area contributed by atoms with E-state index >= 15 is 0 Å². The van der Waals surface area contributed by atoms with Crippen molar-refractivity contribution in [1.29, 1.82) is 0 Å². The summed E-state index contributed by atoms with van der Waals surface area (Å²) in [6.07, 6.45) is 2.50. The number of nitrogens with two attached hydrogens (primary N) is 2. The normalized spacial score (nSPS) is 12.5. The second-order valence-corrected chi connectivity index (χ2v) is 3.51. The molecule has 82 valence electrons. The molecule has 0 saturated heterocycles. The summed E-state index contributed by atoms with van der Waals surface area (Å²) in [4.78, 5) is 14.5. The summed E-state index contributed by atoms with van der Waals surface area (Å²) in [6.45, 7) is 4.59. The van der Waals surface area contributed by atoms with E-state index in [1.807, 2.05) is 13.8 Å². The lowest BCUT2D eigenvalue weighted by molar-refractivity contribution is -0.109. The van der Waals surface area contributed by atoms with Gasteiger partial charge in [-0.3, -0.25) is 4.99 Å². The van der Waals surface area contributed by atoms with Crippen molar-refractivity contribution in [3.05, 3.63) is 0 Å². The predicted octanol–water partition coefficient (Wildman–Crippen LogP) is -0.394. The number of aliphatic imine (C=N–C) groups is 1. The average Bonchev–Trinajstić information content (AvgIpc) is 2.09. The molecular weight excluding hydrogens is 180 g/mol. The predicted molar refractivity (Wildman–Crippen MR) is 58.0 cm³/mol. The first-order chi connectivity index (χ1) is 6.56. The van der Waals surface area contributed by atoms with Gasteiger partial charge >= 0.3 is 0 Å². The van der Waals surface area contributed by atoms with Crippen molar-refractivity contribution in [2.75, 3.05) is 6.54 Å². The molecule has 0 amide bonds. The highest BCUT2D eigenvalue weighted by Crippen LogP contribution is 1.96. The molecule has 5 N–H and O–H groups in total. The molecule has 0 saturated carbocycles. The number of nitrogens with zero attached hydrogens (tertiary/aromatic N) is 1. The highest BCUT2D eigenvalue weighted by atomic mass is 16.1. The fourth-order valence-corrected chi connectivity index (χ4v) is 1.14. The van der Waals surface area contributed by atoms with Crippen LogP contribution in [-0.2, 0) is 4.79 Å². The van der Waals surface area contributed by atoms with Crippen molar-refractivity contribution in [3.8, 4) is 0 Å². The Morgan fingerprint density at radius 2 is 2.14 bits per heavy atom. The summed E-state index contributed by atoms with van der Waals surface area (Å²) >= 11 is 0. The van der Waals surface area contributed by atoms with Crippen LogP contribution in [0.3, 0.4) is 0 Å². The molecule has 0 spiro atoms. The van der Waals surface area contributed by atoms with Gasteiger partial charge in [-0.2, -0.15) is 0 Å². The molecule has 1 atom stereocenters. The van der Waals surface area contributed by atoms with Crippen molar-refractivity contribution in [2.45, 2.75) is 38.8 Å². The first kappa shape index (κ1) is 12.9. The second-order valence-electron chi connectivity index (χ2n) is 3.51. The van der Waals surface area contributed by atoms with Crippen LogP contribution in [0.5, 0.6) is 0 Å². The molecule has 0 fully saturated rings. The van der Waals surface area contributed by atoms with Gasteiger partial charge in [0.25, 0.3) is 0 Å². The number of carbonyl (C=O) groups excluding carboxylic acids is 1. The van der Waals surface area contributed by atoms with Gasteiger partial charge in [-0.05, 0) is 12.8 Å². The molecule has 0 aliphatic heterocycles. The summed E-state index contributed by atoms with van der Waals surface area (Å²) in [7, 11) is 0.